The number of aromatic nitrogens is 8. The van der Waals surface area contributed by atoms with E-state index in [0.717, 1.165) is 22.3 Å². The number of aryl methyl sites for hydroxylation is 4. The van der Waals surface area contributed by atoms with Gasteiger partial charge in [-0.2, -0.15) is 9.97 Å². The van der Waals surface area contributed by atoms with Gasteiger partial charge in [-0.15, -0.1) is 0 Å². The Labute approximate surface area is 359 Å². The number of aromatic amines is 2. The number of hydrogen-bond acceptors (Lipinski definition) is 18. The van der Waals surface area contributed by atoms with Crippen LogP contribution in [0.4, 0.5) is 0 Å². The molecule has 4 heterocycles. The van der Waals surface area contributed by atoms with Crippen LogP contribution >= 0.6 is 7.82 Å². The van der Waals surface area contributed by atoms with Gasteiger partial charge in [0, 0.05) is 0 Å². The number of nitrogens with one attached hydrogen (secondary N) is 2. The van der Waals surface area contributed by atoms with E-state index < -0.39 is 80.2 Å². The van der Waals surface area contributed by atoms with Crippen LogP contribution in [0.15, 0.2) is 43.4 Å². The minimum absolute atomic E-state index is 0. The summed E-state index contributed by atoms with van der Waals surface area (Å²) in [6.07, 6.45) is -9.36. The van der Waals surface area contributed by atoms with Crippen molar-refractivity contribution in [3.8, 4) is 23.0 Å². The van der Waals surface area contributed by atoms with Crippen molar-refractivity contribution in [3.63, 3.8) is 0 Å². The van der Waals surface area contributed by atoms with Gasteiger partial charge in [0.15, 0.2) is 23.0 Å². The van der Waals surface area contributed by atoms with Crippen molar-refractivity contribution in [2.75, 3.05) is 13.2 Å². The molecule has 0 spiro atoms. The molecule has 0 aromatic heterocycles. The first-order valence-electron chi connectivity index (χ1n) is 17.4. The standard InChI is InChI=1S/2C17H20N4O6.Na.H3O4P/c2*1-7-3-9-10(4-8(7)2)21(5-11(23)14(25)12(24)6-22)15-13(18-9)16(26)20-17(27)19-15;;1-5(2,3)4/h2*3-4,11-12,14,22-25H,5-6H2,1-2H3,(H,20,26,27);;(H3,1,2,3,4)/q;;+1;/p-1/t2*11-,12+,14-;;/m00../s1. The summed E-state index contributed by atoms with van der Waals surface area (Å²) < 4.78 is 11.6. The maximum Gasteiger partial charge on any atom is 1.00 e. The third-order valence-electron chi connectivity index (χ3n) is 9.14. The molecule has 0 amide bonds. The zero-order chi connectivity index (χ0) is 44.3. The van der Waals surface area contributed by atoms with Crippen LogP contribution in [-0.4, -0.2) is 140 Å². The third-order valence-corrected chi connectivity index (χ3v) is 9.14. The second-order valence-corrected chi connectivity index (χ2v) is 14.5. The molecular weight excluding hydrogens is 830 g/mol. The van der Waals surface area contributed by atoms with E-state index >= 15 is 0 Å². The van der Waals surface area contributed by atoms with Gasteiger partial charge in [-0.1, -0.05) is 0 Å². The second kappa shape index (κ2) is 20.6. The Bertz CT molecular complexity index is 2500. The average molecular weight is 873 g/mol. The Kier molecular flexibility index (Phi) is 17.2. The fraction of sp³-hybridized carbons (Fsp3) is 0.412. The van der Waals surface area contributed by atoms with Crippen LogP contribution in [-0.2, 0) is 17.7 Å². The van der Waals surface area contributed by atoms with E-state index in [1.165, 1.54) is 9.13 Å². The molecule has 24 nitrogen and oxygen atoms in total. The summed E-state index contributed by atoms with van der Waals surface area (Å²) in [5.74, 6) is -0.103. The third kappa shape index (κ3) is 12.0. The summed E-state index contributed by atoms with van der Waals surface area (Å²) >= 11 is 0. The number of aliphatic hydroxyl groups is 8. The molecule has 0 saturated heterocycles. The predicted molar refractivity (Wildman–Crippen MR) is 203 cm³/mol. The van der Waals surface area contributed by atoms with Crippen molar-refractivity contribution in [1.82, 2.24) is 39.0 Å². The van der Waals surface area contributed by atoms with Crippen molar-refractivity contribution >= 4 is 29.9 Å². The molecule has 320 valence electrons. The van der Waals surface area contributed by atoms with E-state index in [-0.39, 0.29) is 65.7 Å². The van der Waals surface area contributed by atoms with Crippen LogP contribution < -0.4 is 56.9 Å². The van der Waals surface area contributed by atoms with Crippen LogP contribution in [0.25, 0.3) is 45.1 Å². The first-order valence-corrected chi connectivity index (χ1v) is 18.9. The number of phosphoric acid groups is 1. The van der Waals surface area contributed by atoms with Crippen molar-refractivity contribution in [2.24, 2.45) is 0 Å². The molecule has 0 bridgehead atoms. The summed E-state index contributed by atoms with van der Waals surface area (Å²) in [6, 6.07) is 7.06. The van der Waals surface area contributed by atoms with Gasteiger partial charge in [0.05, 0.1) is 48.4 Å². The fourth-order valence-corrected chi connectivity index (χ4v) is 5.79. The van der Waals surface area contributed by atoms with E-state index in [9.17, 15) is 49.8 Å². The Hall–Kier alpha value is -4.21. The van der Waals surface area contributed by atoms with Crippen molar-refractivity contribution in [2.45, 2.75) is 77.4 Å². The van der Waals surface area contributed by atoms with Gasteiger partial charge in [-0.05, 0) is 74.2 Å². The van der Waals surface area contributed by atoms with Gasteiger partial charge in [0.2, 0.25) is 0 Å². The quantitative estimate of drug-likeness (QED) is 0.0345. The van der Waals surface area contributed by atoms with Gasteiger partial charge < -0.3 is 64.7 Å². The van der Waals surface area contributed by atoms with Crippen LogP contribution in [0.3, 0.4) is 0 Å². The molecule has 2 aromatic carbocycles. The molecule has 4 aliphatic heterocycles. The largest absolute Gasteiger partial charge is 1.00 e. The Balaban J connectivity index is 0.000000284. The maximum absolute atomic E-state index is 12.2. The molecule has 0 fully saturated rings. The van der Waals surface area contributed by atoms with Crippen LogP contribution in [0.5, 0.6) is 0 Å². The number of fused-ring (bicyclic) bond motifs is 4. The molecule has 12 N–H and O–H groups in total. The van der Waals surface area contributed by atoms with E-state index in [1.807, 2.05) is 27.7 Å². The molecule has 6 rings (SSSR count). The molecular formula is C34H42N8NaO16P. The van der Waals surface area contributed by atoms with E-state index in [4.69, 9.17) is 29.5 Å². The number of hydrogen-bond donors (Lipinski definition) is 12. The first kappa shape index (κ1) is 50.1. The summed E-state index contributed by atoms with van der Waals surface area (Å²) in [4.78, 5) is 90.9. The van der Waals surface area contributed by atoms with Crippen molar-refractivity contribution in [3.05, 3.63) is 88.2 Å². The van der Waals surface area contributed by atoms with Crippen molar-refractivity contribution < 1.29 is 89.7 Å². The number of nitrogens with zero attached hydrogens (tertiary/aromatic N) is 6. The number of aliphatic hydroxyl groups excluding tert-OH is 8. The number of rotatable bonds is 10. The molecule has 0 aliphatic carbocycles. The first-order chi connectivity index (χ1) is 27.4. The van der Waals surface area contributed by atoms with Gasteiger partial charge >= 0.3 is 40.9 Å². The summed E-state index contributed by atoms with van der Waals surface area (Å²) in [7, 11) is -4.89. The molecule has 0 saturated carbocycles. The smallest absolute Gasteiger partial charge is 0.756 e. The fourth-order valence-electron chi connectivity index (χ4n) is 5.79. The monoisotopic (exact) mass is 872 g/mol. The Morgan fingerprint density at radius 1 is 0.600 bits per heavy atom. The minimum atomic E-state index is -4.89. The number of benzene rings is 2. The molecule has 0 unspecified atom stereocenters. The number of H-pyrrole nitrogens is 2. The Morgan fingerprint density at radius 2 is 0.900 bits per heavy atom. The molecule has 4 aliphatic rings. The van der Waals surface area contributed by atoms with Gasteiger partial charge in [-0.3, -0.25) is 24.1 Å². The summed E-state index contributed by atoms with van der Waals surface area (Å²) in [5.41, 5.74) is 2.23. The molecule has 26 heteroatoms. The van der Waals surface area contributed by atoms with Gasteiger partial charge in [-0.25, -0.2) is 19.6 Å². The predicted octanol–water partition coefficient (Wildman–Crippen LogP) is -8.00. The van der Waals surface area contributed by atoms with Gasteiger partial charge in [0.25, 0.3) is 18.9 Å². The zero-order valence-electron chi connectivity index (χ0n) is 32.7. The zero-order valence-corrected chi connectivity index (χ0v) is 35.5. The summed E-state index contributed by atoms with van der Waals surface area (Å²) in [5, 5.41) is 77.6. The SMILES string of the molecule is Cc1cc2nc3c(=O)[nH]c(=O)nc-3n(C[C@H](O)[C@H](O)[C@H](O)CO)c2cc1C.Cc1cc2nc3c(=O)[nH]c(=O)nc-3n(C[C@H](O)[C@H](O)[C@H](O)CO)c2cc1C.O=P([O-])(O)O.[Na+]. The van der Waals surface area contributed by atoms with E-state index in [1.54, 1.807) is 24.3 Å². The average Bonchev–Trinajstić information content (AvgIpc) is 3.15. The van der Waals surface area contributed by atoms with Crippen LogP contribution in [0.1, 0.15) is 22.3 Å². The topological polar surface area (TPSA) is 404 Å². The molecule has 2 aromatic rings. The van der Waals surface area contributed by atoms with Crippen molar-refractivity contribution in [1.29, 1.82) is 0 Å². The Morgan fingerprint density at radius 3 is 1.20 bits per heavy atom. The molecule has 0 radical (unpaired) electrons. The minimum Gasteiger partial charge on any atom is -0.756 e. The van der Waals surface area contributed by atoms with Crippen LogP contribution in [0.2, 0.25) is 0 Å². The van der Waals surface area contributed by atoms with Crippen LogP contribution in [0, 0.1) is 27.7 Å². The van der Waals surface area contributed by atoms with E-state index in [2.05, 4.69) is 29.9 Å². The van der Waals surface area contributed by atoms with Gasteiger partial charge in [0.1, 0.15) is 36.6 Å². The summed E-state index contributed by atoms with van der Waals surface area (Å²) in [6.45, 7) is 5.46. The molecule has 6 atom stereocenters. The normalized spacial score (nSPS) is 14.7. The second-order valence-electron chi connectivity index (χ2n) is 13.5. The maximum atomic E-state index is 12.2. The molecule has 60 heavy (non-hydrogen) atoms. The van der Waals surface area contributed by atoms with E-state index in [0.29, 0.717) is 22.1 Å².